The van der Waals surface area contributed by atoms with Crippen molar-refractivity contribution in [3.63, 3.8) is 0 Å². The van der Waals surface area contributed by atoms with Gasteiger partial charge in [0, 0.05) is 17.8 Å². The van der Waals surface area contributed by atoms with E-state index in [1.54, 1.807) is 24.3 Å². The van der Waals surface area contributed by atoms with Gasteiger partial charge in [0.2, 0.25) is 5.91 Å². The van der Waals surface area contributed by atoms with Crippen molar-refractivity contribution in [2.45, 2.75) is 104 Å². The number of nitrogens with zero attached hydrogens (tertiary/aromatic N) is 2. The normalized spacial score (nSPS) is 13.5. The Balaban J connectivity index is 1.48. The Bertz CT molecular complexity index is 1320. The van der Waals surface area contributed by atoms with E-state index >= 15 is 0 Å². The highest BCUT2D eigenvalue weighted by atomic mass is 16.5. The molecule has 0 atom stereocenters. The Hall–Kier alpha value is -3.88. The number of hydrazone groups is 1. The van der Waals surface area contributed by atoms with Gasteiger partial charge in [-0.25, -0.2) is 5.01 Å². The van der Waals surface area contributed by atoms with Crippen LogP contribution in [0.15, 0.2) is 47.6 Å². The summed E-state index contributed by atoms with van der Waals surface area (Å²) in [5.74, 6) is 0.749. The van der Waals surface area contributed by atoms with Crippen molar-refractivity contribution in [1.82, 2.24) is 10.3 Å². The third-order valence-corrected chi connectivity index (χ3v) is 8.48. The molecule has 2 aromatic rings. The molecule has 0 radical (unpaired) electrons. The van der Waals surface area contributed by atoms with Crippen LogP contribution in [0.5, 0.6) is 11.5 Å². The zero-order valence-electron chi connectivity index (χ0n) is 27.5. The number of hydrogen-bond acceptors (Lipinski definition) is 6. The highest BCUT2D eigenvalue weighted by Gasteiger charge is 2.27. The van der Waals surface area contributed by atoms with Crippen molar-refractivity contribution in [2.24, 2.45) is 5.10 Å². The van der Waals surface area contributed by atoms with Gasteiger partial charge in [-0.2, -0.15) is 5.10 Å². The summed E-state index contributed by atoms with van der Waals surface area (Å²) in [6.07, 6.45) is 6.23. The zero-order valence-corrected chi connectivity index (χ0v) is 27.5. The number of carbonyl (C=O) groups excluding carboxylic acids is 3. The van der Waals surface area contributed by atoms with E-state index in [1.807, 2.05) is 6.07 Å². The molecule has 0 aliphatic carbocycles. The number of rotatable bonds is 16. The van der Waals surface area contributed by atoms with E-state index in [0.717, 1.165) is 49.8 Å². The highest BCUT2D eigenvalue weighted by Crippen LogP contribution is 2.38. The van der Waals surface area contributed by atoms with Crippen molar-refractivity contribution in [2.75, 3.05) is 25.1 Å². The maximum Gasteiger partial charge on any atom is 0.263 e. The third kappa shape index (κ3) is 9.82. The monoisotopic (exact) mass is 606 g/mol. The number of benzene rings is 2. The molecule has 44 heavy (non-hydrogen) atoms. The molecule has 0 fully saturated rings. The molecule has 240 valence electrons. The molecule has 1 aliphatic rings. The molecule has 0 saturated carbocycles. The van der Waals surface area contributed by atoms with Crippen molar-refractivity contribution in [1.29, 1.82) is 0 Å². The van der Waals surface area contributed by atoms with Gasteiger partial charge in [-0.15, -0.1) is 0 Å². The number of amidine groups is 1. The van der Waals surface area contributed by atoms with Crippen LogP contribution in [0.4, 0.5) is 5.69 Å². The summed E-state index contributed by atoms with van der Waals surface area (Å²) >= 11 is 0. The molecule has 1 aliphatic heterocycles. The molecule has 9 nitrogen and oxygen atoms in total. The van der Waals surface area contributed by atoms with E-state index in [0.29, 0.717) is 23.8 Å². The van der Waals surface area contributed by atoms with Crippen LogP contribution in [-0.4, -0.2) is 48.3 Å². The van der Waals surface area contributed by atoms with Gasteiger partial charge in [0.25, 0.3) is 11.8 Å². The van der Waals surface area contributed by atoms with Gasteiger partial charge in [0.15, 0.2) is 13.2 Å². The minimum atomic E-state index is -0.393. The lowest BCUT2D eigenvalue weighted by atomic mass is 9.76. The Kier molecular flexibility index (Phi) is 12.4. The summed E-state index contributed by atoms with van der Waals surface area (Å²) in [6, 6.07) is 13.1. The third-order valence-electron chi connectivity index (χ3n) is 8.48. The van der Waals surface area contributed by atoms with E-state index in [4.69, 9.17) is 9.47 Å². The predicted octanol–water partition coefficient (Wildman–Crippen LogP) is 6.70. The van der Waals surface area contributed by atoms with E-state index in [1.165, 1.54) is 10.6 Å². The van der Waals surface area contributed by atoms with Gasteiger partial charge < -0.3 is 20.1 Å². The average molecular weight is 607 g/mol. The maximum atomic E-state index is 12.7. The number of anilines is 1. The molecule has 1 heterocycles. The smallest absolute Gasteiger partial charge is 0.263 e. The van der Waals surface area contributed by atoms with Crippen LogP contribution in [-0.2, 0) is 25.2 Å². The number of amides is 3. The molecule has 3 rings (SSSR count). The van der Waals surface area contributed by atoms with Crippen molar-refractivity contribution in [3.8, 4) is 11.5 Å². The lowest BCUT2D eigenvalue weighted by Crippen LogP contribution is -2.33. The first-order chi connectivity index (χ1) is 20.9. The predicted molar refractivity (Wildman–Crippen MR) is 175 cm³/mol. The molecular weight excluding hydrogens is 556 g/mol. The standard InChI is InChI=1S/C35H50N4O5/c1-8-11-12-13-20-39-33(42)22-30(38-39)37-32(41)23-43-27-17-15-26(16-18-27)36-31(40)24-44-29-19-14-25(34(4,5)9-2)21-28(29)35(6,7)10-3/h14-19,21H,8-13,20,22-24H2,1-7H3,(H,36,40)(H,37,38,41). The summed E-state index contributed by atoms with van der Waals surface area (Å²) < 4.78 is 11.6. The fraction of sp³-hybridized carbons (Fsp3) is 0.543. The largest absolute Gasteiger partial charge is 0.484 e. The van der Waals surface area contributed by atoms with Crippen LogP contribution < -0.4 is 20.1 Å². The molecule has 2 aromatic carbocycles. The molecule has 0 spiro atoms. The fourth-order valence-electron chi connectivity index (χ4n) is 4.72. The number of carbonyl (C=O) groups is 3. The first-order valence-electron chi connectivity index (χ1n) is 15.9. The van der Waals surface area contributed by atoms with E-state index < -0.39 is 5.91 Å². The first kappa shape index (κ1) is 34.6. The molecule has 0 bridgehead atoms. The summed E-state index contributed by atoms with van der Waals surface area (Å²) in [5, 5.41) is 11.2. The van der Waals surface area contributed by atoms with E-state index in [2.05, 4.69) is 76.3 Å². The average Bonchev–Trinajstić information content (AvgIpc) is 3.35. The van der Waals surface area contributed by atoms with Gasteiger partial charge in [0.05, 0.1) is 6.42 Å². The lowest BCUT2D eigenvalue weighted by molar-refractivity contribution is -0.128. The fourth-order valence-corrected chi connectivity index (χ4v) is 4.72. The highest BCUT2D eigenvalue weighted by molar-refractivity contribution is 6.09. The van der Waals surface area contributed by atoms with Gasteiger partial charge in [0.1, 0.15) is 17.3 Å². The number of hydrogen-bond donors (Lipinski definition) is 2. The number of unbranched alkanes of at least 4 members (excludes halogenated alkanes) is 3. The SMILES string of the molecule is CCCCCCN1N=C(NC(=O)COc2ccc(NC(=O)COc3ccc(C(C)(C)CC)cc3C(C)(C)CC)cc2)CC1=O. The second-order valence-corrected chi connectivity index (χ2v) is 12.7. The molecule has 0 saturated heterocycles. The molecule has 2 N–H and O–H groups in total. The van der Waals surface area contributed by atoms with Crippen LogP contribution >= 0.6 is 0 Å². The maximum absolute atomic E-state index is 12.7. The minimum Gasteiger partial charge on any atom is -0.484 e. The van der Waals surface area contributed by atoms with Crippen molar-refractivity contribution < 1.29 is 23.9 Å². The van der Waals surface area contributed by atoms with Gasteiger partial charge in [-0.3, -0.25) is 14.4 Å². The van der Waals surface area contributed by atoms with Crippen LogP contribution in [0.3, 0.4) is 0 Å². The summed E-state index contributed by atoms with van der Waals surface area (Å²) in [7, 11) is 0. The van der Waals surface area contributed by atoms with Crippen molar-refractivity contribution >= 4 is 29.2 Å². The number of ether oxygens (including phenoxy) is 2. The van der Waals surface area contributed by atoms with E-state index in [9.17, 15) is 14.4 Å². The van der Waals surface area contributed by atoms with E-state index in [-0.39, 0.29) is 42.3 Å². The van der Waals surface area contributed by atoms with Crippen LogP contribution in [0.2, 0.25) is 0 Å². The minimum absolute atomic E-state index is 0.0501. The molecule has 0 unspecified atom stereocenters. The van der Waals surface area contributed by atoms with Crippen molar-refractivity contribution in [3.05, 3.63) is 53.6 Å². The Morgan fingerprint density at radius 3 is 2.16 bits per heavy atom. The summed E-state index contributed by atoms with van der Waals surface area (Å²) in [6.45, 7) is 15.6. The van der Waals surface area contributed by atoms with Crippen LogP contribution in [0, 0.1) is 0 Å². The lowest BCUT2D eigenvalue weighted by Gasteiger charge is -2.30. The second-order valence-electron chi connectivity index (χ2n) is 12.7. The summed E-state index contributed by atoms with van der Waals surface area (Å²) in [5.41, 5.74) is 2.89. The van der Waals surface area contributed by atoms with Gasteiger partial charge in [-0.05, 0) is 66.0 Å². The quantitative estimate of drug-likeness (QED) is 0.207. The summed E-state index contributed by atoms with van der Waals surface area (Å²) in [4.78, 5) is 37.2. The zero-order chi connectivity index (χ0) is 32.3. The van der Waals surface area contributed by atoms with Crippen LogP contribution in [0.25, 0.3) is 0 Å². The Morgan fingerprint density at radius 2 is 1.50 bits per heavy atom. The van der Waals surface area contributed by atoms with Gasteiger partial charge in [-0.1, -0.05) is 79.9 Å². The number of nitrogens with one attached hydrogen (secondary N) is 2. The van der Waals surface area contributed by atoms with Gasteiger partial charge >= 0.3 is 0 Å². The Labute approximate surface area is 262 Å². The topological polar surface area (TPSA) is 109 Å². The molecule has 0 aromatic heterocycles. The van der Waals surface area contributed by atoms with Crippen LogP contribution in [0.1, 0.15) is 105 Å². The molecule has 9 heteroatoms. The first-order valence-corrected chi connectivity index (χ1v) is 15.9. The molecular formula is C35H50N4O5. The molecule has 3 amide bonds. The Morgan fingerprint density at radius 1 is 0.841 bits per heavy atom. The second kappa shape index (κ2) is 15.7.